The van der Waals surface area contributed by atoms with Gasteiger partial charge in [-0.25, -0.2) is 0 Å². The largest absolute Gasteiger partial charge is 0.435 e. The zero-order valence-corrected chi connectivity index (χ0v) is 34.9. The van der Waals surface area contributed by atoms with Crippen molar-refractivity contribution in [2.75, 3.05) is 0 Å². The molecule has 0 spiro atoms. The predicted octanol–water partition coefficient (Wildman–Crippen LogP) is 15.0. The Morgan fingerprint density at radius 3 is 1.84 bits per heavy atom. The summed E-state index contributed by atoms with van der Waals surface area (Å²) < 4.78 is 10.4. The van der Waals surface area contributed by atoms with E-state index in [-0.39, 0.29) is 12.0 Å². The normalized spacial score (nSPS) is 13.3. The zero-order chi connectivity index (χ0) is 40.4. The molecule has 2 heterocycles. The fraction of sp³-hybridized carbons (Fsp3) is 0.278. The lowest BCUT2D eigenvalue weighted by Crippen LogP contribution is -2.31. The fourth-order valence-corrected chi connectivity index (χ4v) is 9.14. The molecule has 0 bridgehead atoms. The van der Waals surface area contributed by atoms with E-state index >= 15 is 0 Å². The number of para-hydroxylation sites is 1. The van der Waals surface area contributed by atoms with Gasteiger partial charge in [0.15, 0.2) is 0 Å². The minimum atomic E-state index is -0.692. The molecule has 2 atom stereocenters. The summed E-state index contributed by atoms with van der Waals surface area (Å²) in [6.07, 6.45) is 9.55. The van der Waals surface area contributed by atoms with E-state index in [9.17, 15) is 4.79 Å². The molecule has 0 radical (unpaired) electrons. The van der Waals surface area contributed by atoms with Crippen LogP contribution in [-0.2, 0) is 22.4 Å². The van der Waals surface area contributed by atoms with Crippen molar-refractivity contribution >= 4 is 49.6 Å². The number of nitrogens with zero attached hydrogens (tertiary/aromatic N) is 2. The second kappa shape index (κ2) is 16.5. The summed E-state index contributed by atoms with van der Waals surface area (Å²) in [5.41, 5.74) is 12.7. The van der Waals surface area contributed by atoms with Crippen LogP contribution in [-0.4, -0.2) is 15.1 Å². The van der Waals surface area contributed by atoms with E-state index in [0.717, 1.165) is 29.6 Å². The predicted molar refractivity (Wildman–Crippen MR) is 246 cm³/mol. The monoisotopic (exact) mass is 764 g/mol. The van der Waals surface area contributed by atoms with Crippen molar-refractivity contribution in [3.8, 4) is 27.9 Å². The summed E-state index contributed by atoms with van der Waals surface area (Å²) in [6.45, 7) is 14.5. The number of hydrogen-bond donors (Lipinski definition) is 0. The molecule has 0 fully saturated rings. The van der Waals surface area contributed by atoms with Crippen LogP contribution < -0.4 is 0 Å². The Labute approximate surface area is 343 Å². The molecule has 2 aromatic heterocycles. The van der Waals surface area contributed by atoms with Gasteiger partial charge in [0.2, 0.25) is 0 Å². The van der Waals surface area contributed by atoms with Crippen LogP contribution in [0.2, 0.25) is 0 Å². The number of aryl methyl sites for hydroxylation is 2. The Bertz CT molecular complexity index is 2730. The van der Waals surface area contributed by atoms with Crippen LogP contribution in [0.1, 0.15) is 90.3 Å². The van der Waals surface area contributed by atoms with E-state index in [2.05, 4.69) is 171 Å². The van der Waals surface area contributed by atoms with Crippen molar-refractivity contribution in [2.45, 2.75) is 92.0 Å². The zero-order valence-electron chi connectivity index (χ0n) is 34.9. The maximum absolute atomic E-state index is 13.5. The van der Waals surface area contributed by atoms with Gasteiger partial charge in [0, 0.05) is 38.8 Å². The third kappa shape index (κ3) is 7.15. The van der Waals surface area contributed by atoms with Crippen molar-refractivity contribution in [3.63, 3.8) is 0 Å². The molecule has 0 N–H and O–H groups in total. The van der Waals surface area contributed by atoms with Crippen LogP contribution in [0.4, 0.5) is 0 Å². The van der Waals surface area contributed by atoms with Gasteiger partial charge < -0.3 is 13.9 Å². The first kappa shape index (κ1) is 39.0. The van der Waals surface area contributed by atoms with Gasteiger partial charge in [-0.2, -0.15) is 0 Å². The highest BCUT2D eigenvalue weighted by Gasteiger charge is 2.36. The molecule has 0 aliphatic heterocycles. The topological polar surface area (TPSA) is 36.2 Å². The van der Waals surface area contributed by atoms with Gasteiger partial charge in [0.1, 0.15) is 0 Å². The van der Waals surface area contributed by atoms with E-state index in [0.29, 0.717) is 12.8 Å². The molecular formula is C54H56N2O2. The molecule has 0 amide bonds. The average Bonchev–Trinajstić information content (AvgIpc) is 3.77. The maximum Gasteiger partial charge on any atom is 0.316 e. The van der Waals surface area contributed by atoms with E-state index in [4.69, 9.17) is 4.74 Å². The van der Waals surface area contributed by atoms with Gasteiger partial charge in [-0.3, -0.25) is 4.79 Å². The molecule has 58 heavy (non-hydrogen) atoms. The third-order valence-electron chi connectivity index (χ3n) is 12.6. The van der Waals surface area contributed by atoms with Gasteiger partial charge in [-0.05, 0) is 122 Å². The number of benzene rings is 6. The van der Waals surface area contributed by atoms with Crippen molar-refractivity contribution in [1.82, 2.24) is 9.13 Å². The Morgan fingerprint density at radius 2 is 1.24 bits per heavy atom. The average molecular weight is 765 g/mol. The quantitative estimate of drug-likeness (QED) is 0.0770. The summed E-state index contributed by atoms with van der Waals surface area (Å²) in [4.78, 5) is 13.5. The first-order valence-electron chi connectivity index (χ1n) is 21.4. The van der Waals surface area contributed by atoms with Crippen molar-refractivity contribution in [1.29, 1.82) is 0 Å². The Morgan fingerprint density at radius 1 is 0.672 bits per heavy atom. The Balaban J connectivity index is 1.39. The van der Waals surface area contributed by atoms with Gasteiger partial charge >= 0.3 is 5.97 Å². The summed E-state index contributed by atoms with van der Waals surface area (Å²) >= 11 is 0. The molecule has 0 aliphatic rings. The number of carbonyl (C=O) groups excluding carboxylic acids is 1. The molecule has 294 valence electrons. The van der Waals surface area contributed by atoms with Crippen LogP contribution in [0.15, 0.2) is 140 Å². The van der Waals surface area contributed by atoms with Crippen molar-refractivity contribution in [3.05, 3.63) is 151 Å². The van der Waals surface area contributed by atoms with E-state index in [1.54, 1.807) is 0 Å². The lowest BCUT2D eigenvalue weighted by Gasteiger charge is -2.30. The Kier molecular flexibility index (Phi) is 11.1. The SMILES string of the molecule is C=COC(=O)C(C)(CC)CC(C)n1c2ccc(-c3ccc(CCCC)cc3)cc2c2ccc3c(c4ccc(-c5ccc(CCCC)cc5)cc4n3-c3ccccc3)c21. The highest BCUT2D eigenvalue weighted by molar-refractivity contribution is 6.26. The number of unbranched alkanes of at least 4 members (excludes halogenated alkanes) is 2. The molecule has 4 heteroatoms. The number of esters is 1. The molecule has 2 unspecified atom stereocenters. The molecule has 6 aromatic carbocycles. The fourth-order valence-electron chi connectivity index (χ4n) is 9.14. The number of carbonyl (C=O) groups is 1. The first-order chi connectivity index (χ1) is 28.3. The van der Waals surface area contributed by atoms with Gasteiger partial charge in [-0.1, -0.05) is 131 Å². The standard InChI is InChI=1S/C54H56N2O2/c1-7-11-16-38-20-24-40(25-21-38)42-29-32-48-47(34-42)45-31-33-49-51(52(45)55(48)37(5)36-54(6,9-3)53(57)58-10-4)46-30-28-43(41-26-22-39(23-27-41)17-12-8-2)35-50(46)56(49)44-18-14-13-15-19-44/h10,13-15,18-35,37H,4,7-9,11-12,16-17,36H2,1-3,5-6H3. The van der Waals surface area contributed by atoms with Crippen LogP contribution in [0.5, 0.6) is 0 Å². The molecule has 0 saturated heterocycles. The molecule has 4 nitrogen and oxygen atoms in total. The number of hydrogen-bond acceptors (Lipinski definition) is 2. The molecule has 0 saturated carbocycles. The molecule has 8 aromatic rings. The molecule has 0 aliphatic carbocycles. The van der Waals surface area contributed by atoms with Crippen LogP contribution in [0.25, 0.3) is 71.6 Å². The van der Waals surface area contributed by atoms with Crippen LogP contribution >= 0.6 is 0 Å². The minimum absolute atomic E-state index is 0.0303. The number of ether oxygens (including phenoxy) is 1. The third-order valence-corrected chi connectivity index (χ3v) is 12.6. The van der Waals surface area contributed by atoms with Crippen molar-refractivity contribution in [2.24, 2.45) is 5.41 Å². The van der Waals surface area contributed by atoms with Crippen molar-refractivity contribution < 1.29 is 9.53 Å². The summed E-state index contributed by atoms with van der Waals surface area (Å²) in [5, 5.41) is 4.84. The Hall–Kier alpha value is -5.87. The van der Waals surface area contributed by atoms with E-state index in [1.165, 1.54) is 97.9 Å². The molecule has 8 rings (SSSR count). The number of fused-ring (bicyclic) bond motifs is 7. The number of rotatable bonds is 15. The lowest BCUT2D eigenvalue weighted by atomic mass is 9.81. The molecular weight excluding hydrogens is 709 g/mol. The number of aromatic nitrogens is 2. The van der Waals surface area contributed by atoms with Gasteiger partial charge in [-0.15, -0.1) is 0 Å². The van der Waals surface area contributed by atoms with Crippen LogP contribution in [0.3, 0.4) is 0 Å². The van der Waals surface area contributed by atoms with Crippen LogP contribution in [0, 0.1) is 5.41 Å². The van der Waals surface area contributed by atoms with E-state index < -0.39 is 5.41 Å². The summed E-state index contributed by atoms with van der Waals surface area (Å²) in [7, 11) is 0. The smallest absolute Gasteiger partial charge is 0.316 e. The van der Waals surface area contributed by atoms with E-state index in [1.807, 2.05) is 6.92 Å². The minimum Gasteiger partial charge on any atom is -0.435 e. The van der Waals surface area contributed by atoms with Gasteiger partial charge in [0.05, 0.1) is 28.2 Å². The maximum atomic E-state index is 13.5. The second-order valence-corrected chi connectivity index (χ2v) is 16.5. The van der Waals surface area contributed by atoms with Gasteiger partial charge in [0.25, 0.3) is 0 Å². The highest BCUT2D eigenvalue weighted by Crippen LogP contribution is 2.45. The highest BCUT2D eigenvalue weighted by atomic mass is 16.5. The first-order valence-corrected chi connectivity index (χ1v) is 21.4. The summed E-state index contributed by atoms with van der Waals surface area (Å²) in [6, 6.07) is 47.5. The summed E-state index contributed by atoms with van der Waals surface area (Å²) in [5.74, 6) is -0.237. The lowest BCUT2D eigenvalue weighted by molar-refractivity contribution is -0.150. The second-order valence-electron chi connectivity index (χ2n) is 16.5.